The standard InChI is InChI=1S/C13H18F3NO4/c14-13(15,16)9-4-2-1-3-8(9)11(19)17-6-7(18)5-10(17)12(20)21/h7-10,18H,1-6H2,(H,20,21)/t7?,8?,9?,10-/m0/s1. The van der Waals surface area contributed by atoms with Gasteiger partial charge in [-0.1, -0.05) is 12.8 Å². The van der Waals surface area contributed by atoms with E-state index in [2.05, 4.69) is 0 Å². The van der Waals surface area contributed by atoms with Crippen molar-refractivity contribution in [2.45, 2.75) is 50.4 Å². The Balaban J connectivity index is 2.18. The van der Waals surface area contributed by atoms with Crippen molar-refractivity contribution >= 4 is 11.9 Å². The minimum absolute atomic E-state index is 0.103. The van der Waals surface area contributed by atoms with Crippen molar-refractivity contribution in [1.29, 1.82) is 0 Å². The van der Waals surface area contributed by atoms with E-state index in [4.69, 9.17) is 5.11 Å². The Labute approximate surface area is 119 Å². The second-order valence-electron chi connectivity index (χ2n) is 5.77. The summed E-state index contributed by atoms with van der Waals surface area (Å²) < 4.78 is 39.1. The van der Waals surface area contributed by atoms with Crippen LogP contribution in [0.25, 0.3) is 0 Å². The van der Waals surface area contributed by atoms with Crippen LogP contribution in [0.3, 0.4) is 0 Å². The molecule has 1 saturated heterocycles. The molecule has 3 unspecified atom stereocenters. The predicted molar refractivity (Wildman–Crippen MR) is 65.3 cm³/mol. The molecule has 2 aliphatic rings. The molecule has 0 aromatic carbocycles. The number of carbonyl (C=O) groups is 2. The van der Waals surface area contributed by atoms with Crippen LogP contribution in [0.15, 0.2) is 0 Å². The first-order valence-corrected chi connectivity index (χ1v) is 7.00. The average Bonchev–Trinajstić information content (AvgIpc) is 2.79. The molecular weight excluding hydrogens is 291 g/mol. The number of carboxylic acid groups (broad SMARTS) is 1. The second kappa shape index (κ2) is 5.82. The molecule has 2 rings (SSSR count). The van der Waals surface area contributed by atoms with E-state index < -0.39 is 42.0 Å². The molecule has 0 bridgehead atoms. The molecule has 4 atom stereocenters. The minimum atomic E-state index is -4.46. The summed E-state index contributed by atoms with van der Waals surface area (Å²) in [5, 5.41) is 18.6. The maximum absolute atomic E-state index is 13.0. The van der Waals surface area contributed by atoms with E-state index in [1.165, 1.54) is 0 Å². The van der Waals surface area contributed by atoms with Gasteiger partial charge in [-0.05, 0) is 12.8 Å². The fraction of sp³-hybridized carbons (Fsp3) is 0.846. The van der Waals surface area contributed by atoms with Crippen LogP contribution in [0.4, 0.5) is 13.2 Å². The number of hydrogen-bond acceptors (Lipinski definition) is 3. The number of carboxylic acids is 1. The lowest BCUT2D eigenvalue weighted by atomic mass is 9.78. The number of aliphatic hydroxyl groups is 1. The lowest BCUT2D eigenvalue weighted by Crippen LogP contribution is -2.48. The number of aliphatic hydroxyl groups excluding tert-OH is 1. The average molecular weight is 309 g/mol. The van der Waals surface area contributed by atoms with Crippen LogP contribution in [0.2, 0.25) is 0 Å². The van der Waals surface area contributed by atoms with Gasteiger partial charge < -0.3 is 15.1 Å². The molecule has 0 aromatic heterocycles. The summed E-state index contributed by atoms with van der Waals surface area (Å²) in [5.41, 5.74) is 0. The van der Waals surface area contributed by atoms with Crippen LogP contribution in [0.5, 0.6) is 0 Å². The van der Waals surface area contributed by atoms with Gasteiger partial charge in [-0.25, -0.2) is 4.79 Å². The molecule has 1 heterocycles. The fourth-order valence-electron chi connectivity index (χ4n) is 3.32. The normalized spacial score (nSPS) is 34.0. The SMILES string of the molecule is O=C(O)[C@@H]1CC(O)CN1C(=O)C1CCCCC1C(F)(F)F. The van der Waals surface area contributed by atoms with Gasteiger partial charge in [-0.2, -0.15) is 13.2 Å². The number of amides is 1. The summed E-state index contributed by atoms with van der Waals surface area (Å²) in [6, 6.07) is -1.23. The van der Waals surface area contributed by atoms with Gasteiger partial charge in [0.05, 0.1) is 12.0 Å². The van der Waals surface area contributed by atoms with Gasteiger partial charge in [0, 0.05) is 18.9 Å². The second-order valence-corrected chi connectivity index (χ2v) is 5.77. The Morgan fingerprint density at radius 1 is 1.14 bits per heavy atom. The van der Waals surface area contributed by atoms with E-state index in [1.54, 1.807) is 0 Å². The largest absolute Gasteiger partial charge is 0.480 e. The third-order valence-corrected chi connectivity index (χ3v) is 4.35. The molecule has 120 valence electrons. The molecule has 0 aromatic rings. The van der Waals surface area contributed by atoms with Crippen LogP contribution >= 0.6 is 0 Å². The molecule has 8 heteroatoms. The Morgan fingerprint density at radius 2 is 1.76 bits per heavy atom. The summed E-state index contributed by atoms with van der Waals surface area (Å²) in [4.78, 5) is 24.4. The molecule has 1 aliphatic heterocycles. The van der Waals surface area contributed by atoms with Crippen LogP contribution in [0, 0.1) is 11.8 Å². The van der Waals surface area contributed by atoms with Crippen molar-refractivity contribution in [2.75, 3.05) is 6.54 Å². The molecule has 5 nitrogen and oxygen atoms in total. The number of alkyl halides is 3. The van der Waals surface area contributed by atoms with Crippen LogP contribution < -0.4 is 0 Å². The van der Waals surface area contributed by atoms with Crippen molar-refractivity contribution < 1.29 is 33.0 Å². The molecule has 21 heavy (non-hydrogen) atoms. The number of halogens is 3. The van der Waals surface area contributed by atoms with Crippen LogP contribution in [-0.2, 0) is 9.59 Å². The smallest absolute Gasteiger partial charge is 0.392 e. The highest BCUT2D eigenvalue weighted by molar-refractivity contribution is 5.86. The Kier molecular flexibility index (Phi) is 4.46. The highest BCUT2D eigenvalue weighted by atomic mass is 19.4. The maximum atomic E-state index is 13.0. The van der Waals surface area contributed by atoms with Gasteiger partial charge in [0.1, 0.15) is 6.04 Å². The zero-order valence-corrected chi connectivity index (χ0v) is 11.3. The van der Waals surface area contributed by atoms with Gasteiger partial charge in [0.25, 0.3) is 0 Å². The van der Waals surface area contributed by atoms with Crippen molar-refractivity contribution in [3.8, 4) is 0 Å². The van der Waals surface area contributed by atoms with E-state index in [-0.39, 0.29) is 25.8 Å². The highest BCUT2D eigenvalue weighted by Crippen LogP contribution is 2.42. The zero-order valence-electron chi connectivity index (χ0n) is 11.3. The lowest BCUT2D eigenvalue weighted by molar-refractivity contribution is -0.201. The quantitative estimate of drug-likeness (QED) is 0.808. The first-order valence-electron chi connectivity index (χ1n) is 7.00. The number of hydrogen-bond donors (Lipinski definition) is 2. The van der Waals surface area contributed by atoms with E-state index in [9.17, 15) is 27.9 Å². The number of nitrogens with zero attached hydrogens (tertiary/aromatic N) is 1. The summed E-state index contributed by atoms with van der Waals surface area (Å²) in [6.45, 7) is -0.211. The summed E-state index contributed by atoms with van der Waals surface area (Å²) >= 11 is 0. The molecule has 0 radical (unpaired) electrons. The Bertz CT molecular complexity index is 426. The van der Waals surface area contributed by atoms with E-state index in [0.29, 0.717) is 12.8 Å². The summed E-state index contributed by atoms with van der Waals surface area (Å²) in [7, 11) is 0. The molecule has 2 fully saturated rings. The third-order valence-electron chi connectivity index (χ3n) is 4.35. The van der Waals surface area contributed by atoms with Gasteiger partial charge >= 0.3 is 12.1 Å². The fourth-order valence-corrected chi connectivity index (χ4v) is 3.32. The minimum Gasteiger partial charge on any atom is -0.480 e. The molecule has 1 aliphatic carbocycles. The van der Waals surface area contributed by atoms with Gasteiger partial charge in [0.2, 0.25) is 5.91 Å². The van der Waals surface area contributed by atoms with E-state index in [0.717, 1.165) is 4.90 Å². The van der Waals surface area contributed by atoms with Gasteiger partial charge in [0.15, 0.2) is 0 Å². The highest BCUT2D eigenvalue weighted by Gasteiger charge is 2.51. The van der Waals surface area contributed by atoms with Crippen molar-refractivity contribution in [3.63, 3.8) is 0 Å². The molecule has 0 spiro atoms. The molecule has 1 saturated carbocycles. The number of aliphatic carboxylic acids is 1. The van der Waals surface area contributed by atoms with E-state index in [1.807, 2.05) is 0 Å². The maximum Gasteiger partial charge on any atom is 0.392 e. The first-order chi connectivity index (χ1) is 9.71. The van der Waals surface area contributed by atoms with E-state index >= 15 is 0 Å². The summed E-state index contributed by atoms with van der Waals surface area (Å²) in [6.07, 6.45) is -4.64. The summed E-state index contributed by atoms with van der Waals surface area (Å²) in [5.74, 6) is -5.03. The molecule has 1 amide bonds. The number of rotatable bonds is 2. The monoisotopic (exact) mass is 309 g/mol. The van der Waals surface area contributed by atoms with Gasteiger partial charge in [-0.3, -0.25) is 4.79 Å². The molecule has 2 N–H and O–H groups in total. The number of likely N-dealkylation sites (tertiary alicyclic amines) is 1. The van der Waals surface area contributed by atoms with Gasteiger partial charge in [-0.15, -0.1) is 0 Å². The van der Waals surface area contributed by atoms with Crippen LogP contribution in [-0.4, -0.2) is 51.9 Å². The Morgan fingerprint density at radius 3 is 2.33 bits per heavy atom. The number of carbonyl (C=O) groups excluding carboxylic acids is 1. The Hall–Kier alpha value is -1.31. The zero-order chi connectivity index (χ0) is 15.8. The van der Waals surface area contributed by atoms with Crippen molar-refractivity contribution in [3.05, 3.63) is 0 Å². The predicted octanol–water partition coefficient (Wildman–Crippen LogP) is 1.40. The van der Waals surface area contributed by atoms with Crippen molar-refractivity contribution in [2.24, 2.45) is 11.8 Å². The van der Waals surface area contributed by atoms with Crippen molar-refractivity contribution in [1.82, 2.24) is 4.90 Å². The molecular formula is C13H18F3NO4. The topological polar surface area (TPSA) is 77.8 Å². The van der Waals surface area contributed by atoms with Crippen LogP contribution in [0.1, 0.15) is 32.1 Å². The first kappa shape index (κ1) is 16.1. The third kappa shape index (κ3) is 3.30. The number of β-amino-alcohol motifs (C(OH)–C–C–N with tert-alkyl or cyclic N) is 1. The lowest BCUT2D eigenvalue weighted by Gasteiger charge is -2.35.